The van der Waals surface area contributed by atoms with Gasteiger partial charge in [-0.15, -0.1) is 0 Å². The Balaban J connectivity index is 2.88. The molecule has 0 fully saturated rings. The molecule has 0 saturated carbocycles. The van der Waals surface area contributed by atoms with Crippen molar-refractivity contribution in [1.82, 2.24) is 9.88 Å². The van der Waals surface area contributed by atoms with Crippen molar-refractivity contribution in [1.29, 1.82) is 5.26 Å². The average Bonchev–Trinajstić information content (AvgIpc) is 2.82. The Morgan fingerprint density at radius 2 is 1.86 bits per heavy atom. The van der Waals surface area contributed by atoms with E-state index in [1.165, 1.54) is 0 Å². The summed E-state index contributed by atoms with van der Waals surface area (Å²) in [7, 11) is 6.59. The number of methoxy groups -OCH3 is 3. The molecule has 6 heteroatoms. The fraction of sp³-hybridized carbons (Fsp3) is 0.438. The lowest BCUT2D eigenvalue weighted by Gasteiger charge is -2.14. The maximum Gasteiger partial charge on any atom is 0.205 e. The van der Waals surface area contributed by atoms with Gasteiger partial charge in [-0.1, -0.05) is 6.92 Å². The lowest BCUT2D eigenvalue weighted by molar-refractivity contribution is 0.326. The summed E-state index contributed by atoms with van der Waals surface area (Å²) in [5.74, 6) is 1.68. The first-order valence-corrected chi connectivity index (χ1v) is 7.05. The molecule has 2 aromatic rings. The zero-order chi connectivity index (χ0) is 16.3. The number of nitrogens with zero attached hydrogens (tertiary/aromatic N) is 2. The minimum Gasteiger partial charge on any atom is -0.493 e. The van der Waals surface area contributed by atoms with Crippen molar-refractivity contribution in [2.75, 3.05) is 27.9 Å². The van der Waals surface area contributed by atoms with Crippen LogP contribution in [-0.4, -0.2) is 32.4 Å². The third-order valence-electron chi connectivity index (χ3n) is 3.74. The van der Waals surface area contributed by atoms with Crippen molar-refractivity contribution in [3.63, 3.8) is 0 Å². The number of rotatable bonds is 6. The molecule has 0 bridgehead atoms. The molecule has 118 valence electrons. The summed E-state index contributed by atoms with van der Waals surface area (Å²) in [5.41, 5.74) is 2.36. The molecule has 0 amide bonds. The van der Waals surface area contributed by atoms with Gasteiger partial charge in [-0.25, -0.2) is 0 Å². The van der Waals surface area contributed by atoms with Crippen LogP contribution in [0.25, 0.3) is 10.9 Å². The molecule has 0 saturated heterocycles. The van der Waals surface area contributed by atoms with Crippen LogP contribution in [0.5, 0.6) is 17.2 Å². The molecular weight excluding hydrogens is 282 g/mol. The first-order chi connectivity index (χ1) is 10.6. The van der Waals surface area contributed by atoms with Gasteiger partial charge < -0.3 is 24.1 Å². The molecule has 22 heavy (non-hydrogen) atoms. The molecule has 2 rings (SSSR count). The minimum atomic E-state index is 0.526. The number of hydrogen-bond donors (Lipinski definition) is 1. The van der Waals surface area contributed by atoms with Gasteiger partial charge in [0.2, 0.25) is 5.75 Å². The van der Waals surface area contributed by atoms with Gasteiger partial charge in [-0.05, 0) is 12.6 Å². The first kappa shape index (κ1) is 16.0. The number of aryl methyl sites for hydroxylation is 1. The van der Waals surface area contributed by atoms with Gasteiger partial charge in [-0.2, -0.15) is 5.26 Å². The zero-order valence-electron chi connectivity index (χ0n) is 13.6. The summed E-state index contributed by atoms with van der Waals surface area (Å²) < 4.78 is 18.2. The van der Waals surface area contributed by atoms with Crippen LogP contribution in [0.2, 0.25) is 0 Å². The topological polar surface area (TPSA) is 68.4 Å². The van der Waals surface area contributed by atoms with Crippen molar-refractivity contribution >= 4 is 10.9 Å². The van der Waals surface area contributed by atoms with Gasteiger partial charge in [0.25, 0.3) is 0 Å². The van der Waals surface area contributed by atoms with Crippen molar-refractivity contribution in [2.24, 2.45) is 7.05 Å². The van der Waals surface area contributed by atoms with Crippen molar-refractivity contribution in [3.05, 3.63) is 17.3 Å². The Labute approximate surface area is 130 Å². The van der Waals surface area contributed by atoms with E-state index in [1.807, 2.05) is 24.6 Å². The van der Waals surface area contributed by atoms with Crippen LogP contribution in [0, 0.1) is 11.3 Å². The number of nitrogens with one attached hydrogen (secondary N) is 1. The van der Waals surface area contributed by atoms with Crippen LogP contribution < -0.4 is 19.5 Å². The predicted molar refractivity (Wildman–Crippen MR) is 84.7 cm³/mol. The Kier molecular flexibility index (Phi) is 4.78. The van der Waals surface area contributed by atoms with E-state index in [2.05, 4.69) is 11.4 Å². The van der Waals surface area contributed by atoms with Gasteiger partial charge in [0.15, 0.2) is 11.5 Å². The molecule has 1 heterocycles. The standard InChI is InChI=1S/C16H21N3O3/c1-6-18-9-11-10-7-13(20-3)15(21-4)16(22-5)14(10)19(2)12(11)8-17/h7,18H,6,9H2,1-5H3. The van der Waals surface area contributed by atoms with Crippen molar-refractivity contribution in [2.45, 2.75) is 13.5 Å². The van der Waals surface area contributed by atoms with E-state index in [0.29, 0.717) is 29.5 Å². The highest BCUT2D eigenvalue weighted by Gasteiger charge is 2.24. The fourth-order valence-corrected chi connectivity index (χ4v) is 2.72. The van der Waals surface area contributed by atoms with Gasteiger partial charge in [0.1, 0.15) is 11.8 Å². The third kappa shape index (κ3) is 2.34. The maximum atomic E-state index is 9.51. The molecule has 0 aliphatic heterocycles. The highest BCUT2D eigenvalue weighted by atomic mass is 16.5. The quantitative estimate of drug-likeness (QED) is 0.886. The zero-order valence-corrected chi connectivity index (χ0v) is 13.6. The molecular formula is C16H21N3O3. The Bertz CT molecular complexity index is 729. The average molecular weight is 303 g/mol. The summed E-state index contributed by atoms with van der Waals surface area (Å²) in [6.45, 7) is 3.46. The molecule has 0 radical (unpaired) electrons. The number of aromatic nitrogens is 1. The van der Waals surface area contributed by atoms with Crippen molar-refractivity contribution in [3.8, 4) is 23.3 Å². The highest BCUT2D eigenvalue weighted by Crippen LogP contribution is 2.45. The molecule has 6 nitrogen and oxygen atoms in total. The summed E-state index contributed by atoms with van der Waals surface area (Å²) >= 11 is 0. The number of hydrogen-bond acceptors (Lipinski definition) is 5. The second-order valence-electron chi connectivity index (χ2n) is 4.82. The molecule has 0 unspecified atom stereocenters. The minimum absolute atomic E-state index is 0.526. The lowest BCUT2D eigenvalue weighted by Crippen LogP contribution is -2.12. The van der Waals surface area contributed by atoms with E-state index in [1.54, 1.807) is 21.3 Å². The molecule has 0 atom stereocenters. The Hall–Kier alpha value is -2.39. The lowest BCUT2D eigenvalue weighted by atomic mass is 10.1. The van der Waals surface area contributed by atoms with Crippen LogP contribution in [0.3, 0.4) is 0 Å². The first-order valence-electron chi connectivity index (χ1n) is 7.05. The Morgan fingerprint density at radius 3 is 2.36 bits per heavy atom. The largest absolute Gasteiger partial charge is 0.493 e. The summed E-state index contributed by atoms with van der Waals surface area (Å²) in [6.07, 6.45) is 0. The van der Waals surface area contributed by atoms with Crippen LogP contribution in [0.1, 0.15) is 18.2 Å². The van der Waals surface area contributed by atoms with Gasteiger partial charge in [-0.3, -0.25) is 0 Å². The van der Waals surface area contributed by atoms with Crippen LogP contribution in [0.15, 0.2) is 6.07 Å². The van der Waals surface area contributed by atoms with E-state index in [0.717, 1.165) is 23.0 Å². The van der Waals surface area contributed by atoms with Gasteiger partial charge in [0, 0.05) is 24.5 Å². The van der Waals surface area contributed by atoms with Gasteiger partial charge in [0.05, 0.1) is 26.8 Å². The second-order valence-corrected chi connectivity index (χ2v) is 4.82. The SMILES string of the molecule is CCNCc1c(C#N)n(C)c2c(OC)c(OC)c(OC)cc12. The smallest absolute Gasteiger partial charge is 0.205 e. The van der Waals surface area contributed by atoms with Gasteiger partial charge >= 0.3 is 0 Å². The number of nitriles is 1. The summed E-state index contributed by atoms with van der Waals surface area (Å²) in [4.78, 5) is 0. The number of benzene rings is 1. The van der Waals surface area contributed by atoms with Crippen LogP contribution >= 0.6 is 0 Å². The monoisotopic (exact) mass is 303 g/mol. The van der Waals surface area contributed by atoms with E-state index < -0.39 is 0 Å². The molecule has 0 aliphatic carbocycles. The van der Waals surface area contributed by atoms with E-state index in [9.17, 15) is 5.26 Å². The summed E-state index contributed by atoms with van der Waals surface area (Å²) in [5, 5.41) is 13.7. The van der Waals surface area contributed by atoms with Crippen LogP contribution in [-0.2, 0) is 13.6 Å². The number of ether oxygens (including phenoxy) is 3. The molecule has 1 aromatic carbocycles. The van der Waals surface area contributed by atoms with E-state index in [4.69, 9.17) is 14.2 Å². The fourth-order valence-electron chi connectivity index (χ4n) is 2.72. The molecule has 0 aliphatic rings. The highest BCUT2D eigenvalue weighted by molar-refractivity contribution is 5.95. The molecule has 1 N–H and O–H groups in total. The molecule has 1 aromatic heterocycles. The Morgan fingerprint density at radius 1 is 1.18 bits per heavy atom. The second kappa shape index (κ2) is 6.58. The van der Waals surface area contributed by atoms with E-state index >= 15 is 0 Å². The van der Waals surface area contributed by atoms with Crippen molar-refractivity contribution < 1.29 is 14.2 Å². The normalized spacial score (nSPS) is 10.5. The third-order valence-corrected chi connectivity index (χ3v) is 3.74. The maximum absolute atomic E-state index is 9.51. The predicted octanol–water partition coefficient (Wildman–Crippen LogP) is 2.19. The van der Waals surface area contributed by atoms with Crippen LogP contribution in [0.4, 0.5) is 0 Å². The number of fused-ring (bicyclic) bond motifs is 1. The van der Waals surface area contributed by atoms with E-state index in [-0.39, 0.29) is 0 Å². The summed E-state index contributed by atoms with van der Waals surface area (Å²) in [6, 6.07) is 4.17. The molecule has 0 spiro atoms.